The second-order valence-electron chi connectivity index (χ2n) is 7.04. The minimum atomic E-state index is -0.260. The van der Waals surface area contributed by atoms with Crippen LogP contribution in [0.1, 0.15) is 29.0 Å². The average Bonchev–Trinajstić information content (AvgIpc) is 3.23. The zero-order chi connectivity index (χ0) is 16.8. The quantitative estimate of drug-likeness (QED) is 0.880. The lowest BCUT2D eigenvalue weighted by atomic mass is 10.00. The molecule has 1 N–H and O–H groups in total. The Kier molecular flexibility index (Phi) is 3.83. The van der Waals surface area contributed by atoms with Gasteiger partial charge in [-0.3, -0.25) is 0 Å². The third kappa shape index (κ3) is 2.88. The van der Waals surface area contributed by atoms with E-state index >= 15 is 0 Å². The van der Waals surface area contributed by atoms with Crippen molar-refractivity contribution in [2.45, 2.75) is 24.4 Å². The first-order valence-corrected chi connectivity index (χ1v) is 9.68. The Balaban J connectivity index is 1.38. The van der Waals surface area contributed by atoms with Gasteiger partial charge in [-0.15, -0.1) is 11.3 Å². The summed E-state index contributed by atoms with van der Waals surface area (Å²) in [6.45, 7) is 4.68. The molecule has 7 nitrogen and oxygen atoms in total. The monoisotopic (exact) mass is 359 g/mol. The summed E-state index contributed by atoms with van der Waals surface area (Å²) in [6.07, 6.45) is 2.63. The Morgan fingerprint density at radius 3 is 2.68 bits per heavy atom. The zero-order valence-corrected chi connectivity index (χ0v) is 14.7. The first-order chi connectivity index (χ1) is 12.3. The summed E-state index contributed by atoms with van der Waals surface area (Å²) in [6, 6.07) is 2.12. The molecule has 2 aromatic heterocycles. The van der Waals surface area contributed by atoms with Gasteiger partial charge in [-0.25, -0.2) is 9.97 Å². The molecule has 25 heavy (non-hydrogen) atoms. The normalized spacial score (nSPS) is 24.4. The second-order valence-corrected chi connectivity index (χ2v) is 7.97. The van der Waals surface area contributed by atoms with Gasteiger partial charge in [0.05, 0.1) is 23.4 Å². The fraction of sp³-hybridized carbons (Fsp3) is 0.588. The van der Waals surface area contributed by atoms with Crippen LogP contribution in [0.4, 0.5) is 11.8 Å². The fourth-order valence-electron chi connectivity index (χ4n) is 3.60. The van der Waals surface area contributed by atoms with Crippen LogP contribution in [-0.2, 0) is 4.74 Å². The van der Waals surface area contributed by atoms with E-state index < -0.39 is 0 Å². The first-order valence-electron chi connectivity index (χ1n) is 8.80. The Morgan fingerprint density at radius 2 is 2.00 bits per heavy atom. The number of nitrogens with zero attached hydrogens (tertiary/aromatic N) is 5. The van der Waals surface area contributed by atoms with E-state index in [-0.39, 0.29) is 6.10 Å². The van der Waals surface area contributed by atoms with Gasteiger partial charge < -0.3 is 19.6 Å². The summed E-state index contributed by atoms with van der Waals surface area (Å²) in [5.74, 6) is 2.58. The molecule has 0 aliphatic carbocycles. The summed E-state index contributed by atoms with van der Waals surface area (Å²) in [5, 5.41) is 12.8. The molecule has 0 radical (unpaired) electrons. The van der Waals surface area contributed by atoms with Gasteiger partial charge in [0.1, 0.15) is 5.82 Å². The lowest BCUT2D eigenvalue weighted by molar-refractivity contribution is 0.140. The topological polar surface area (TPSA) is 74.6 Å². The summed E-state index contributed by atoms with van der Waals surface area (Å²) in [4.78, 5) is 18.3. The molecule has 0 bridgehead atoms. The molecule has 3 aliphatic rings. The van der Waals surface area contributed by atoms with E-state index in [1.165, 1.54) is 5.01 Å². The second kappa shape index (κ2) is 6.19. The molecule has 5 rings (SSSR count). The molecule has 5 heterocycles. The summed E-state index contributed by atoms with van der Waals surface area (Å²) in [5.41, 5.74) is 1.07. The molecule has 0 amide bonds. The summed E-state index contributed by atoms with van der Waals surface area (Å²) < 4.78 is 5.54. The molecule has 8 heteroatoms. The highest BCUT2D eigenvalue weighted by Gasteiger charge is 2.34. The van der Waals surface area contributed by atoms with Crippen LogP contribution in [-0.4, -0.2) is 65.6 Å². The van der Waals surface area contributed by atoms with Gasteiger partial charge in [0, 0.05) is 62.3 Å². The van der Waals surface area contributed by atoms with Gasteiger partial charge in [0.25, 0.3) is 0 Å². The van der Waals surface area contributed by atoms with Crippen molar-refractivity contribution in [2.24, 2.45) is 0 Å². The van der Waals surface area contributed by atoms with Gasteiger partial charge in [-0.1, -0.05) is 0 Å². The lowest BCUT2D eigenvalue weighted by Crippen LogP contribution is -2.52. The number of aromatic nitrogens is 3. The number of hydrogen-bond acceptors (Lipinski definition) is 8. The van der Waals surface area contributed by atoms with Crippen molar-refractivity contribution in [2.75, 3.05) is 49.2 Å². The number of anilines is 2. The number of β-amino-alcohol motifs (C(OH)–C–C–N with tert-alkyl or cyclic N) is 1. The maximum atomic E-state index is 9.60. The molecule has 132 valence electrons. The maximum absolute atomic E-state index is 9.60. The molecule has 0 unspecified atom stereocenters. The van der Waals surface area contributed by atoms with Crippen molar-refractivity contribution in [1.29, 1.82) is 0 Å². The van der Waals surface area contributed by atoms with Gasteiger partial charge >= 0.3 is 0 Å². The van der Waals surface area contributed by atoms with Crippen molar-refractivity contribution in [3.05, 3.63) is 28.3 Å². The van der Waals surface area contributed by atoms with Crippen molar-refractivity contribution >= 4 is 23.1 Å². The number of hydrogen-bond donors (Lipinski definition) is 1. The first kappa shape index (κ1) is 15.5. The third-order valence-corrected chi connectivity index (χ3v) is 6.16. The SMILES string of the molecule is OC1CN(c2nc([C@@H]3CCOC3)cc(N3CC(c4nccs4)C3)n2)C1. The van der Waals surface area contributed by atoms with Crippen LogP contribution in [0.3, 0.4) is 0 Å². The summed E-state index contributed by atoms with van der Waals surface area (Å²) >= 11 is 1.73. The van der Waals surface area contributed by atoms with Crippen LogP contribution < -0.4 is 9.80 Å². The maximum Gasteiger partial charge on any atom is 0.227 e. The highest BCUT2D eigenvalue weighted by atomic mass is 32.1. The number of rotatable bonds is 4. The molecular formula is C17H21N5O2S. The number of thiazole rings is 1. The van der Waals surface area contributed by atoms with E-state index in [0.29, 0.717) is 24.9 Å². The standard InChI is InChI=1S/C17H21N5O2S/c23-13-8-22(9-13)17-19-14(11-1-3-24-10-11)5-15(20-17)21-6-12(7-21)16-18-2-4-25-16/h2,4-5,11-13,23H,1,3,6-10H2/t11-/m1/s1. The molecule has 3 fully saturated rings. The van der Waals surface area contributed by atoms with Crippen LogP contribution in [0.25, 0.3) is 0 Å². The Labute approximate surface area is 150 Å². The molecule has 0 saturated carbocycles. The zero-order valence-electron chi connectivity index (χ0n) is 13.9. The highest BCUT2D eigenvalue weighted by molar-refractivity contribution is 7.09. The van der Waals surface area contributed by atoms with Crippen LogP contribution >= 0.6 is 11.3 Å². The predicted molar refractivity (Wildman–Crippen MR) is 95.5 cm³/mol. The number of ether oxygens (including phenoxy) is 1. The van der Waals surface area contributed by atoms with E-state index in [9.17, 15) is 5.11 Å². The van der Waals surface area contributed by atoms with Crippen molar-refractivity contribution in [3.8, 4) is 0 Å². The fourth-order valence-corrected chi connectivity index (χ4v) is 4.32. The van der Waals surface area contributed by atoms with Crippen LogP contribution in [0, 0.1) is 0 Å². The van der Waals surface area contributed by atoms with Crippen LogP contribution in [0.2, 0.25) is 0 Å². The molecular weight excluding hydrogens is 338 g/mol. The van der Waals surface area contributed by atoms with E-state index in [1.807, 2.05) is 16.5 Å². The molecule has 2 aromatic rings. The highest BCUT2D eigenvalue weighted by Crippen LogP contribution is 2.35. The van der Waals surface area contributed by atoms with Gasteiger partial charge in [0.15, 0.2) is 0 Å². The number of aliphatic hydroxyl groups is 1. The lowest BCUT2D eigenvalue weighted by Gasteiger charge is -2.41. The van der Waals surface area contributed by atoms with E-state index in [1.54, 1.807) is 11.3 Å². The molecule has 3 aliphatic heterocycles. The van der Waals surface area contributed by atoms with E-state index in [4.69, 9.17) is 14.7 Å². The van der Waals surface area contributed by atoms with E-state index in [2.05, 4.69) is 16.0 Å². The van der Waals surface area contributed by atoms with Crippen LogP contribution in [0.15, 0.2) is 17.6 Å². The average molecular weight is 359 g/mol. The third-order valence-electron chi connectivity index (χ3n) is 5.22. The van der Waals surface area contributed by atoms with Gasteiger partial charge in [0.2, 0.25) is 5.95 Å². The smallest absolute Gasteiger partial charge is 0.227 e. The van der Waals surface area contributed by atoms with Gasteiger partial charge in [-0.05, 0) is 6.42 Å². The van der Waals surface area contributed by atoms with Crippen molar-refractivity contribution < 1.29 is 9.84 Å². The predicted octanol–water partition coefficient (Wildman–Crippen LogP) is 1.22. The molecule has 1 atom stereocenters. The van der Waals surface area contributed by atoms with Gasteiger partial charge in [-0.2, -0.15) is 4.98 Å². The molecule has 0 aromatic carbocycles. The van der Waals surface area contributed by atoms with Crippen LogP contribution in [0.5, 0.6) is 0 Å². The minimum Gasteiger partial charge on any atom is -0.389 e. The summed E-state index contributed by atoms with van der Waals surface area (Å²) in [7, 11) is 0. The largest absolute Gasteiger partial charge is 0.389 e. The Bertz CT molecular complexity index is 738. The van der Waals surface area contributed by atoms with E-state index in [0.717, 1.165) is 50.2 Å². The van der Waals surface area contributed by atoms with Crippen molar-refractivity contribution in [3.63, 3.8) is 0 Å². The Hall–Kier alpha value is -1.77. The number of aliphatic hydroxyl groups excluding tert-OH is 1. The molecule has 0 spiro atoms. The van der Waals surface area contributed by atoms with Crippen molar-refractivity contribution in [1.82, 2.24) is 15.0 Å². The minimum absolute atomic E-state index is 0.260. The molecule has 3 saturated heterocycles. The Morgan fingerprint density at radius 1 is 1.12 bits per heavy atom.